The third-order valence-electron chi connectivity index (χ3n) is 3.24. The molecule has 4 heteroatoms. The number of halogens is 1. The Hall–Kier alpha value is -2.00. The van der Waals surface area contributed by atoms with Crippen LogP contribution in [0.5, 0.6) is 5.75 Å². The van der Waals surface area contributed by atoms with E-state index in [4.69, 9.17) is 16.3 Å². The predicted molar refractivity (Wildman–Crippen MR) is 89.4 cm³/mol. The number of nitrogens with one attached hydrogen (secondary N) is 1. The van der Waals surface area contributed by atoms with Crippen LogP contribution in [0.15, 0.2) is 48.5 Å². The van der Waals surface area contributed by atoms with Gasteiger partial charge in [-0.2, -0.15) is 0 Å². The Kier molecular flexibility index (Phi) is 5.84. The Morgan fingerprint density at radius 1 is 1.18 bits per heavy atom. The van der Waals surface area contributed by atoms with Crippen LogP contribution in [-0.4, -0.2) is 18.6 Å². The van der Waals surface area contributed by atoms with Crippen LogP contribution in [0.3, 0.4) is 0 Å². The zero-order valence-corrected chi connectivity index (χ0v) is 13.6. The highest BCUT2D eigenvalue weighted by Gasteiger charge is 2.10. The standard InChI is InChI=1S/C18H20ClNO2/c1-13-7-9-16(10-8-13)22-12-14(2)20-18(21)11-15-5-3-4-6-17(15)19/h3-10,14H,11-12H2,1-2H3,(H,20,21)/t14-/m0/s1. The van der Waals surface area contributed by atoms with Crippen molar-refractivity contribution in [2.75, 3.05) is 6.61 Å². The van der Waals surface area contributed by atoms with Gasteiger partial charge in [0.2, 0.25) is 5.91 Å². The first-order valence-electron chi connectivity index (χ1n) is 7.27. The summed E-state index contributed by atoms with van der Waals surface area (Å²) >= 11 is 6.05. The minimum Gasteiger partial charge on any atom is -0.491 e. The molecular formula is C18H20ClNO2. The number of carbonyl (C=O) groups is 1. The van der Waals surface area contributed by atoms with Crippen LogP contribution in [-0.2, 0) is 11.2 Å². The molecule has 1 N–H and O–H groups in total. The van der Waals surface area contributed by atoms with Crippen LogP contribution in [0.2, 0.25) is 5.02 Å². The predicted octanol–water partition coefficient (Wildman–Crippen LogP) is 3.77. The van der Waals surface area contributed by atoms with Crippen molar-refractivity contribution in [2.45, 2.75) is 26.3 Å². The normalized spacial score (nSPS) is 11.8. The van der Waals surface area contributed by atoms with E-state index in [0.29, 0.717) is 11.6 Å². The Labute approximate surface area is 136 Å². The highest BCUT2D eigenvalue weighted by Crippen LogP contribution is 2.15. The minimum absolute atomic E-state index is 0.0619. The summed E-state index contributed by atoms with van der Waals surface area (Å²) in [6.45, 7) is 4.37. The fraction of sp³-hybridized carbons (Fsp3) is 0.278. The van der Waals surface area contributed by atoms with Crippen molar-refractivity contribution in [2.24, 2.45) is 0 Å². The highest BCUT2D eigenvalue weighted by atomic mass is 35.5. The van der Waals surface area contributed by atoms with E-state index in [0.717, 1.165) is 11.3 Å². The van der Waals surface area contributed by atoms with Gasteiger partial charge < -0.3 is 10.1 Å². The number of hydrogen-bond acceptors (Lipinski definition) is 2. The maximum Gasteiger partial charge on any atom is 0.224 e. The smallest absolute Gasteiger partial charge is 0.224 e. The topological polar surface area (TPSA) is 38.3 Å². The Balaban J connectivity index is 1.79. The molecule has 0 heterocycles. The fourth-order valence-corrected chi connectivity index (χ4v) is 2.24. The Morgan fingerprint density at radius 3 is 2.55 bits per heavy atom. The molecule has 0 aliphatic rings. The number of rotatable bonds is 6. The van der Waals surface area contributed by atoms with Crippen LogP contribution in [0, 0.1) is 6.92 Å². The lowest BCUT2D eigenvalue weighted by Crippen LogP contribution is -2.37. The first-order valence-corrected chi connectivity index (χ1v) is 7.64. The van der Waals surface area contributed by atoms with Gasteiger partial charge in [0.15, 0.2) is 0 Å². The summed E-state index contributed by atoms with van der Waals surface area (Å²) in [5.41, 5.74) is 2.02. The Bertz CT molecular complexity index is 625. The molecule has 0 radical (unpaired) electrons. The molecule has 22 heavy (non-hydrogen) atoms. The molecule has 116 valence electrons. The van der Waals surface area contributed by atoms with E-state index in [1.54, 1.807) is 6.07 Å². The largest absolute Gasteiger partial charge is 0.491 e. The number of ether oxygens (including phenoxy) is 1. The molecule has 3 nitrogen and oxygen atoms in total. The van der Waals surface area contributed by atoms with Crippen molar-refractivity contribution in [3.8, 4) is 5.75 Å². The van der Waals surface area contributed by atoms with Crippen LogP contribution >= 0.6 is 11.6 Å². The summed E-state index contributed by atoms with van der Waals surface area (Å²) in [7, 11) is 0. The molecule has 0 aromatic heterocycles. The number of carbonyl (C=O) groups excluding carboxylic acids is 1. The van der Waals surface area contributed by atoms with Gasteiger partial charge in [0, 0.05) is 5.02 Å². The molecule has 2 aromatic rings. The molecule has 0 aliphatic heterocycles. The van der Waals surface area contributed by atoms with Crippen molar-refractivity contribution in [3.63, 3.8) is 0 Å². The summed E-state index contributed by atoms with van der Waals surface area (Å²) in [6, 6.07) is 15.1. The third kappa shape index (κ3) is 5.08. The van der Waals surface area contributed by atoms with E-state index in [-0.39, 0.29) is 18.4 Å². The van der Waals surface area contributed by atoms with E-state index >= 15 is 0 Å². The van der Waals surface area contributed by atoms with Gasteiger partial charge in [0.05, 0.1) is 12.5 Å². The average molecular weight is 318 g/mol. The monoisotopic (exact) mass is 317 g/mol. The molecule has 2 rings (SSSR count). The second-order valence-corrected chi connectivity index (χ2v) is 5.77. The molecule has 0 spiro atoms. The highest BCUT2D eigenvalue weighted by molar-refractivity contribution is 6.31. The Morgan fingerprint density at radius 2 is 1.86 bits per heavy atom. The van der Waals surface area contributed by atoms with E-state index in [9.17, 15) is 4.79 Å². The van der Waals surface area contributed by atoms with Crippen LogP contribution in [0.4, 0.5) is 0 Å². The van der Waals surface area contributed by atoms with Crippen LogP contribution < -0.4 is 10.1 Å². The van der Waals surface area contributed by atoms with E-state index in [1.165, 1.54) is 5.56 Å². The lowest BCUT2D eigenvalue weighted by Gasteiger charge is -2.15. The zero-order chi connectivity index (χ0) is 15.9. The molecule has 2 aromatic carbocycles. The van der Waals surface area contributed by atoms with Crippen molar-refractivity contribution < 1.29 is 9.53 Å². The maximum absolute atomic E-state index is 12.0. The second-order valence-electron chi connectivity index (χ2n) is 5.36. The summed E-state index contributed by atoms with van der Waals surface area (Å²) in [6.07, 6.45) is 0.272. The van der Waals surface area contributed by atoms with E-state index in [2.05, 4.69) is 5.32 Å². The van der Waals surface area contributed by atoms with Crippen molar-refractivity contribution in [3.05, 3.63) is 64.7 Å². The summed E-state index contributed by atoms with van der Waals surface area (Å²) in [5.74, 6) is 0.742. The lowest BCUT2D eigenvalue weighted by molar-refractivity contribution is -0.121. The van der Waals surface area contributed by atoms with Gasteiger partial charge in [-0.1, -0.05) is 47.5 Å². The van der Waals surface area contributed by atoms with E-state index in [1.807, 2.05) is 56.3 Å². The van der Waals surface area contributed by atoms with Crippen molar-refractivity contribution in [1.29, 1.82) is 0 Å². The van der Waals surface area contributed by atoms with Crippen LogP contribution in [0.25, 0.3) is 0 Å². The molecular weight excluding hydrogens is 298 g/mol. The van der Waals surface area contributed by atoms with Gasteiger partial charge >= 0.3 is 0 Å². The quantitative estimate of drug-likeness (QED) is 0.880. The summed E-state index contributed by atoms with van der Waals surface area (Å²) in [5, 5.41) is 3.53. The van der Waals surface area contributed by atoms with Crippen molar-refractivity contribution in [1.82, 2.24) is 5.32 Å². The summed E-state index contributed by atoms with van der Waals surface area (Å²) in [4.78, 5) is 12.0. The molecule has 0 fully saturated rings. The first kappa shape index (κ1) is 16.4. The molecule has 0 unspecified atom stereocenters. The number of aryl methyl sites for hydroxylation is 1. The molecule has 0 saturated carbocycles. The minimum atomic E-state index is -0.0729. The number of benzene rings is 2. The van der Waals surface area contributed by atoms with Gasteiger partial charge in [-0.25, -0.2) is 0 Å². The second kappa shape index (κ2) is 7.85. The molecule has 1 atom stereocenters. The average Bonchev–Trinajstić information content (AvgIpc) is 2.49. The fourth-order valence-electron chi connectivity index (χ4n) is 2.04. The van der Waals surface area contributed by atoms with Gasteiger partial charge in [-0.05, 0) is 37.6 Å². The zero-order valence-electron chi connectivity index (χ0n) is 12.8. The van der Waals surface area contributed by atoms with Crippen molar-refractivity contribution >= 4 is 17.5 Å². The van der Waals surface area contributed by atoms with Crippen LogP contribution in [0.1, 0.15) is 18.1 Å². The number of amides is 1. The van der Waals surface area contributed by atoms with Gasteiger partial charge in [0.1, 0.15) is 12.4 Å². The van der Waals surface area contributed by atoms with E-state index < -0.39 is 0 Å². The summed E-state index contributed by atoms with van der Waals surface area (Å²) < 4.78 is 5.66. The van der Waals surface area contributed by atoms with Gasteiger partial charge in [-0.3, -0.25) is 4.79 Å². The lowest BCUT2D eigenvalue weighted by atomic mass is 10.1. The molecule has 0 bridgehead atoms. The maximum atomic E-state index is 12.0. The number of hydrogen-bond donors (Lipinski definition) is 1. The molecule has 0 aliphatic carbocycles. The molecule has 1 amide bonds. The molecule has 0 saturated heterocycles. The van der Waals surface area contributed by atoms with Gasteiger partial charge in [-0.15, -0.1) is 0 Å². The first-order chi connectivity index (χ1) is 10.5. The third-order valence-corrected chi connectivity index (χ3v) is 3.61. The van der Waals surface area contributed by atoms with Gasteiger partial charge in [0.25, 0.3) is 0 Å². The SMILES string of the molecule is Cc1ccc(OC[C@H](C)NC(=O)Cc2ccccc2Cl)cc1.